The summed E-state index contributed by atoms with van der Waals surface area (Å²) in [7, 11) is 1.53. The van der Waals surface area contributed by atoms with E-state index in [2.05, 4.69) is 5.32 Å². The van der Waals surface area contributed by atoms with Crippen molar-refractivity contribution in [3.05, 3.63) is 0 Å². The molecule has 1 saturated heterocycles. The summed E-state index contributed by atoms with van der Waals surface area (Å²) in [5.74, 6) is -0.428. The molecule has 0 aromatic carbocycles. The number of carbonyl (C=O) groups excluding carboxylic acids is 1. The molecule has 2 atom stereocenters. The van der Waals surface area contributed by atoms with Crippen molar-refractivity contribution >= 4 is 5.91 Å². The van der Waals surface area contributed by atoms with Crippen molar-refractivity contribution in [2.24, 2.45) is 5.73 Å². The largest absolute Gasteiger partial charge is 0.373 e. The topological polar surface area (TPSA) is 73.6 Å². The fourth-order valence-electron chi connectivity index (χ4n) is 2.27. The summed E-state index contributed by atoms with van der Waals surface area (Å²) in [5, 5.41) is 3.32. The van der Waals surface area contributed by atoms with Crippen LogP contribution in [0.3, 0.4) is 0 Å². The van der Waals surface area contributed by atoms with Crippen molar-refractivity contribution in [1.29, 1.82) is 0 Å². The van der Waals surface area contributed by atoms with Gasteiger partial charge in [0, 0.05) is 13.7 Å². The molecule has 0 aromatic rings. The highest BCUT2D eigenvalue weighted by atomic mass is 16.5. The van der Waals surface area contributed by atoms with Gasteiger partial charge in [-0.3, -0.25) is 4.79 Å². The van der Waals surface area contributed by atoms with Crippen molar-refractivity contribution in [3.63, 3.8) is 0 Å². The van der Waals surface area contributed by atoms with Crippen LogP contribution < -0.4 is 11.1 Å². The molecule has 1 amide bonds. The highest BCUT2D eigenvalue weighted by Gasteiger charge is 2.46. The molecule has 1 aliphatic rings. The van der Waals surface area contributed by atoms with Gasteiger partial charge < -0.3 is 20.5 Å². The molecule has 3 N–H and O–H groups in total. The molecule has 0 bridgehead atoms. The minimum Gasteiger partial charge on any atom is -0.373 e. The summed E-state index contributed by atoms with van der Waals surface area (Å²) in [4.78, 5) is 11.7. The Hall–Kier alpha value is -0.650. The lowest BCUT2D eigenvalue weighted by atomic mass is 9.87. The third-order valence-electron chi connectivity index (χ3n) is 3.38. The summed E-state index contributed by atoms with van der Waals surface area (Å²) >= 11 is 0. The maximum atomic E-state index is 11.7. The SMILES string of the molecule is CCCC(OC)(C(N)=O)C1COC(C)(C)CN1. The Bertz CT molecular complexity index is 271. The number of hydrogen-bond acceptors (Lipinski definition) is 4. The highest BCUT2D eigenvalue weighted by molar-refractivity contribution is 5.84. The minimum atomic E-state index is -0.967. The summed E-state index contributed by atoms with van der Waals surface area (Å²) in [6.07, 6.45) is 1.43. The maximum Gasteiger partial charge on any atom is 0.251 e. The number of amides is 1. The van der Waals surface area contributed by atoms with Crippen molar-refractivity contribution in [2.45, 2.75) is 50.9 Å². The quantitative estimate of drug-likeness (QED) is 0.735. The second kappa shape index (κ2) is 5.33. The summed E-state index contributed by atoms with van der Waals surface area (Å²) in [6.45, 7) is 7.14. The normalized spacial score (nSPS) is 27.4. The first-order valence-corrected chi connectivity index (χ1v) is 6.10. The molecule has 17 heavy (non-hydrogen) atoms. The number of nitrogens with one attached hydrogen (secondary N) is 1. The summed E-state index contributed by atoms with van der Waals surface area (Å²) in [5.41, 5.74) is 4.33. The molecule has 0 aliphatic carbocycles. The molecule has 1 heterocycles. The molecule has 1 aliphatic heterocycles. The van der Waals surface area contributed by atoms with Gasteiger partial charge in [0.05, 0.1) is 18.2 Å². The van der Waals surface area contributed by atoms with Gasteiger partial charge in [0.25, 0.3) is 5.91 Å². The lowest BCUT2D eigenvalue weighted by molar-refractivity contribution is -0.158. The molecular formula is C12H24N2O3. The van der Waals surface area contributed by atoms with Crippen molar-refractivity contribution in [3.8, 4) is 0 Å². The Morgan fingerprint density at radius 1 is 1.65 bits per heavy atom. The van der Waals surface area contributed by atoms with Gasteiger partial charge in [-0.15, -0.1) is 0 Å². The van der Waals surface area contributed by atoms with Gasteiger partial charge in [-0.05, 0) is 20.3 Å². The molecule has 0 saturated carbocycles. The van der Waals surface area contributed by atoms with E-state index in [1.165, 1.54) is 7.11 Å². The molecule has 5 nitrogen and oxygen atoms in total. The Balaban J connectivity index is 2.82. The van der Waals surface area contributed by atoms with Crippen LogP contribution in [0.4, 0.5) is 0 Å². The fraction of sp³-hybridized carbons (Fsp3) is 0.917. The number of hydrogen-bond donors (Lipinski definition) is 2. The third kappa shape index (κ3) is 2.97. The number of rotatable bonds is 5. The van der Waals surface area contributed by atoms with E-state index in [1.807, 2.05) is 20.8 Å². The van der Waals surface area contributed by atoms with E-state index >= 15 is 0 Å². The number of carbonyl (C=O) groups is 1. The smallest absolute Gasteiger partial charge is 0.251 e. The van der Waals surface area contributed by atoms with Crippen molar-refractivity contribution < 1.29 is 14.3 Å². The molecule has 5 heteroatoms. The standard InChI is InChI=1S/C12H24N2O3/c1-5-6-12(16-4,10(13)15)9-7-17-11(2,3)8-14-9/h9,14H,5-8H2,1-4H3,(H2,13,15). The van der Waals surface area contributed by atoms with Crippen LogP contribution in [0.5, 0.6) is 0 Å². The summed E-state index contributed by atoms with van der Waals surface area (Å²) < 4.78 is 11.2. The molecule has 1 rings (SSSR count). The molecule has 0 spiro atoms. The van der Waals surface area contributed by atoms with Crippen LogP contribution in [0.2, 0.25) is 0 Å². The monoisotopic (exact) mass is 244 g/mol. The zero-order valence-corrected chi connectivity index (χ0v) is 11.2. The van der Waals surface area contributed by atoms with Gasteiger partial charge in [0.15, 0.2) is 5.60 Å². The Kier molecular flexibility index (Phi) is 4.52. The minimum absolute atomic E-state index is 0.182. The first-order chi connectivity index (χ1) is 7.88. The van der Waals surface area contributed by atoms with E-state index in [1.54, 1.807) is 0 Å². The van der Waals surface area contributed by atoms with Crippen LogP contribution in [0, 0.1) is 0 Å². The van der Waals surface area contributed by atoms with Crippen LogP contribution in [0.25, 0.3) is 0 Å². The predicted octanol–water partition coefficient (Wildman–Crippen LogP) is 0.424. The molecule has 100 valence electrons. The lowest BCUT2D eigenvalue weighted by Gasteiger charge is -2.43. The molecular weight excluding hydrogens is 220 g/mol. The van der Waals surface area contributed by atoms with Crippen molar-refractivity contribution in [1.82, 2.24) is 5.32 Å². The van der Waals surface area contributed by atoms with Gasteiger partial charge in [0.1, 0.15) is 0 Å². The predicted molar refractivity (Wildman–Crippen MR) is 65.7 cm³/mol. The van der Waals surface area contributed by atoms with Crippen molar-refractivity contribution in [2.75, 3.05) is 20.3 Å². The molecule has 1 fully saturated rings. The summed E-state index contributed by atoms with van der Waals surface area (Å²) in [6, 6.07) is -0.182. The lowest BCUT2D eigenvalue weighted by Crippen LogP contribution is -2.66. The molecule has 2 unspecified atom stereocenters. The van der Waals surface area contributed by atoms with Gasteiger partial charge in [-0.1, -0.05) is 13.3 Å². The first-order valence-electron chi connectivity index (χ1n) is 6.10. The fourth-order valence-corrected chi connectivity index (χ4v) is 2.27. The maximum absolute atomic E-state index is 11.7. The molecule has 0 aromatic heterocycles. The second-order valence-corrected chi connectivity index (χ2v) is 5.21. The van der Waals surface area contributed by atoms with Gasteiger partial charge >= 0.3 is 0 Å². The van der Waals surface area contributed by atoms with E-state index < -0.39 is 11.5 Å². The van der Waals surface area contributed by atoms with E-state index in [0.29, 0.717) is 19.6 Å². The number of primary amides is 1. The zero-order valence-electron chi connectivity index (χ0n) is 11.2. The van der Waals surface area contributed by atoms with Crippen LogP contribution in [0.1, 0.15) is 33.6 Å². The van der Waals surface area contributed by atoms with Crippen LogP contribution in [-0.2, 0) is 14.3 Å². The second-order valence-electron chi connectivity index (χ2n) is 5.21. The Labute approximate surface area is 103 Å². The van der Waals surface area contributed by atoms with Gasteiger partial charge in [-0.2, -0.15) is 0 Å². The molecule has 0 radical (unpaired) electrons. The van der Waals surface area contributed by atoms with E-state index in [9.17, 15) is 4.79 Å². The average Bonchev–Trinajstić information content (AvgIpc) is 2.26. The highest BCUT2D eigenvalue weighted by Crippen LogP contribution is 2.26. The third-order valence-corrected chi connectivity index (χ3v) is 3.38. The Morgan fingerprint density at radius 3 is 2.65 bits per heavy atom. The Morgan fingerprint density at radius 2 is 2.29 bits per heavy atom. The first kappa shape index (κ1) is 14.4. The number of morpholine rings is 1. The van der Waals surface area contributed by atoms with Crippen LogP contribution in [0.15, 0.2) is 0 Å². The number of nitrogens with two attached hydrogens (primary N) is 1. The van der Waals surface area contributed by atoms with Crippen LogP contribution in [-0.4, -0.2) is 43.4 Å². The zero-order chi connectivity index (χ0) is 13.1. The number of ether oxygens (including phenoxy) is 2. The van der Waals surface area contributed by atoms with E-state index in [4.69, 9.17) is 15.2 Å². The van der Waals surface area contributed by atoms with Crippen LogP contribution >= 0.6 is 0 Å². The van der Waals surface area contributed by atoms with Gasteiger partial charge in [0.2, 0.25) is 0 Å². The average molecular weight is 244 g/mol. The number of methoxy groups -OCH3 is 1. The van der Waals surface area contributed by atoms with E-state index in [0.717, 1.165) is 6.42 Å². The van der Waals surface area contributed by atoms with E-state index in [-0.39, 0.29) is 11.6 Å². The van der Waals surface area contributed by atoms with Gasteiger partial charge in [-0.25, -0.2) is 0 Å².